The van der Waals surface area contributed by atoms with Crippen LogP contribution in [0, 0.1) is 5.92 Å². The number of likely N-dealkylation sites (N-methyl/N-ethyl adjacent to an activating group) is 1. The van der Waals surface area contributed by atoms with Crippen LogP contribution in [0.3, 0.4) is 0 Å². The number of ether oxygens (including phenoxy) is 1. The predicted octanol–water partition coefficient (Wildman–Crippen LogP) is 1.37. The number of hydrogen-bond acceptors (Lipinski definition) is 4. The maximum atomic E-state index is 11.8. The third-order valence-electron chi connectivity index (χ3n) is 2.43. The zero-order chi connectivity index (χ0) is 13.4. The van der Waals surface area contributed by atoms with Crippen molar-refractivity contribution in [2.24, 2.45) is 5.92 Å². The fraction of sp³-hybridized carbons (Fsp3) is 0.833. The average Bonchev–Trinajstić information content (AvgIpc) is 2.24. The van der Waals surface area contributed by atoms with Crippen LogP contribution in [0.25, 0.3) is 0 Å². The van der Waals surface area contributed by atoms with Crippen molar-refractivity contribution in [3.8, 4) is 0 Å². The molecule has 5 nitrogen and oxygen atoms in total. The third-order valence-corrected chi connectivity index (χ3v) is 2.43. The van der Waals surface area contributed by atoms with Crippen LogP contribution in [0.4, 0.5) is 0 Å². The summed E-state index contributed by atoms with van der Waals surface area (Å²) in [5.41, 5.74) is 0. The smallest absolute Gasteiger partial charge is 0.323 e. The first kappa shape index (κ1) is 15.9. The summed E-state index contributed by atoms with van der Waals surface area (Å²) in [4.78, 5) is 23.9. The lowest BCUT2D eigenvalue weighted by atomic mass is 10.2. The van der Waals surface area contributed by atoms with Gasteiger partial charge in [-0.2, -0.15) is 0 Å². The van der Waals surface area contributed by atoms with Gasteiger partial charge in [-0.25, -0.2) is 0 Å². The Bertz CT molecular complexity index is 253. The van der Waals surface area contributed by atoms with Gasteiger partial charge in [-0.3, -0.25) is 14.5 Å². The van der Waals surface area contributed by atoms with E-state index in [0.29, 0.717) is 25.5 Å². The molecule has 0 bridgehead atoms. The summed E-state index contributed by atoms with van der Waals surface area (Å²) < 4.78 is 5.16. The normalized spacial score (nSPS) is 12.8. The summed E-state index contributed by atoms with van der Waals surface area (Å²) in [7, 11) is 1.74. The van der Waals surface area contributed by atoms with Gasteiger partial charge in [-0.05, 0) is 19.4 Å². The highest BCUT2D eigenvalue weighted by atomic mass is 16.5. The summed E-state index contributed by atoms with van der Waals surface area (Å²) in [6.07, 6.45) is 0.650. The van der Waals surface area contributed by atoms with Crippen molar-refractivity contribution in [3.05, 3.63) is 0 Å². The maximum absolute atomic E-state index is 11.8. The Morgan fingerprint density at radius 2 is 1.94 bits per heavy atom. The zero-order valence-corrected chi connectivity index (χ0v) is 11.1. The van der Waals surface area contributed by atoms with Gasteiger partial charge in [0.05, 0.1) is 13.0 Å². The van der Waals surface area contributed by atoms with Gasteiger partial charge in [-0.15, -0.1) is 0 Å². The lowest BCUT2D eigenvalue weighted by Crippen LogP contribution is -2.40. The highest BCUT2D eigenvalue weighted by Crippen LogP contribution is 2.06. The maximum Gasteiger partial charge on any atom is 0.323 e. The van der Waals surface area contributed by atoms with Crippen molar-refractivity contribution in [1.82, 2.24) is 4.90 Å². The number of rotatable bonds is 8. The molecule has 17 heavy (non-hydrogen) atoms. The number of esters is 1. The topological polar surface area (TPSA) is 66.8 Å². The molecule has 100 valence electrons. The third kappa shape index (κ3) is 6.94. The Kier molecular flexibility index (Phi) is 7.54. The Labute approximate surface area is 103 Å². The minimum absolute atomic E-state index is 0.0322. The molecule has 0 heterocycles. The van der Waals surface area contributed by atoms with E-state index in [9.17, 15) is 9.59 Å². The van der Waals surface area contributed by atoms with Crippen LogP contribution in [0.2, 0.25) is 0 Å². The van der Waals surface area contributed by atoms with E-state index >= 15 is 0 Å². The molecule has 0 aliphatic carbocycles. The van der Waals surface area contributed by atoms with Gasteiger partial charge in [-0.1, -0.05) is 20.8 Å². The van der Waals surface area contributed by atoms with Crippen molar-refractivity contribution < 1.29 is 19.4 Å². The van der Waals surface area contributed by atoms with Gasteiger partial charge in [0.1, 0.15) is 6.04 Å². The predicted molar refractivity (Wildman–Crippen MR) is 64.8 cm³/mol. The molecule has 0 aromatic rings. The molecular weight excluding hydrogens is 222 g/mol. The van der Waals surface area contributed by atoms with Crippen LogP contribution < -0.4 is 0 Å². The van der Waals surface area contributed by atoms with E-state index in [4.69, 9.17) is 9.84 Å². The van der Waals surface area contributed by atoms with Crippen LogP contribution in [0.1, 0.15) is 33.6 Å². The van der Waals surface area contributed by atoms with Crippen molar-refractivity contribution in [1.29, 1.82) is 0 Å². The van der Waals surface area contributed by atoms with Crippen LogP contribution in [-0.2, 0) is 14.3 Å². The summed E-state index contributed by atoms with van der Waals surface area (Å²) in [5.74, 6) is -0.822. The van der Waals surface area contributed by atoms with Crippen molar-refractivity contribution >= 4 is 11.9 Å². The molecule has 0 fully saturated rings. The van der Waals surface area contributed by atoms with Crippen LogP contribution >= 0.6 is 0 Å². The van der Waals surface area contributed by atoms with E-state index in [-0.39, 0.29) is 18.4 Å². The van der Waals surface area contributed by atoms with E-state index in [2.05, 4.69) is 0 Å². The van der Waals surface area contributed by atoms with Gasteiger partial charge in [0, 0.05) is 6.54 Å². The lowest BCUT2D eigenvalue weighted by Gasteiger charge is -2.25. The molecule has 0 aliphatic heterocycles. The fourth-order valence-corrected chi connectivity index (χ4v) is 1.43. The number of hydrogen-bond donors (Lipinski definition) is 1. The first-order valence-electron chi connectivity index (χ1n) is 5.97. The minimum Gasteiger partial charge on any atom is -0.481 e. The summed E-state index contributed by atoms with van der Waals surface area (Å²) >= 11 is 0. The molecule has 0 saturated carbocycles. The average molecular weight is 245 g/mol. The molecule has 0 rings (SSSR count). The second-order valence-corrected chi connectivity index (χ2v) is 4.57. The number of carboxylic acid groups (broad SMARTS) is 1. The van der Waals surface area contributed by atoms with Gasteiger partial charge < -0.3 is 9.84 Å². The SMILES string of the molecule is CCC(C(=O)OCC(C)C)N(C)CCC(=O)O. The highest BCUT2D eigenvalue weighted by Gasteiger charge is 2.23. The number of aliphatic carboxylic acids is 1. The summed E-state index contributed by atoms with van der Waals surface area (Å²) in [6.45, 7) is 6.59. The summed E-state index contributed by atoms with van der Waals surface area (Å²) in [6, 6.07) is -0.354. The lowest BCUT2D eigenvalue weighted by molar-refractivity contribution is -0.151. The minimum atomic E-state index is -0.859. The Balaban J connectivity index is 4.19. The molecule has 0 spiro atoms. The van der Waals surface area contributed by atoms with Crippen molar-refractivity contribution in [2.75, 3.05) is 20.2 Å². The molecular formula is C12H23NO4. The first-order valence-corrected chi connectivity index (χ1v) is 5.97. The van der Waals surface area contributed by atoms with Crippen molar-refractivity contribution in [3.63, 3.8) is 0 Å². The molecule has 1 N–H and O–H groups in total. The highest BCUT2D eigenvalue weighted by molar-refractivity contribution is 5.75. The van der Waals surface area contributed by atoms with E-state index in [1.807, 2.05) is 20.8 Å². The van der Waals surface area contributed by atoms with Crippen molar-refractivity contribution in [2.45, 2.75) is 39.7 Å². The molecule has 0 aromatic carbocycles. The van der Waals surface area contributed by atoms with E-state index in [1.54, 1.807) is 11.9 Å². The van der Waals surface area contributed by atoms with Gasteiger partial charge >= 0.3 is 11.9 Å². The fourth-order valence-electron chi connectivity index (χ4n) is 1.43. The Morgan fingerprint density at radius 1 is 1.35 bits per heavy atom. The van der Waals surface area contributed by atoms with Crippen LogP contribution in [0.5, 0.6) is 0 Å². The largest absolute Gasteiger partial charge is 0.481 e. The Hall–Kier alpha value is -1.10. The molecule has 0 aromatic heterocycles. The van der Waals surface area contributed by atoms with E-state index < -0.39 is 5.97 Å². The zero-order valence-electron chi connectivity index (χ0n) is 11.1. The first-order chi connectivity index (χ1) is 7.88. The van der Waals surface area contributed by atoms with Gasteiger partial charge in [0.2, 0.25) is 0 Å². The quantitative estimate of drug-likeness (QED) is 0.654. The number of carboxylic acids is 1. The Morgan fingerprint density at radius 3 is 2.35 bits per heavy atom. The molecule has 5 heteroatoms. The van der Waals surface area contributed by atoms with Crippen LogP contribution in [0.15, 0.2) is 0 Å². The van der Waals surface area contributed by atoms with E-state index in [0.717, 1.165) is 0 Å². The number of nitrogens with zero attached hydrogens (tertiary/aromatic N) is 1. The van der Waals surface area contributed by atoms with Gasteiger partial charge in [0.15, 0.2) is 0 Å². The van der Waals surface area contributed by atoms with Crippen LogP contribution in [-0.4, -0.2) is 48.2 Å². The molecule has 0 amide bonds. The second-order valence-electron chi connectivity index (χ2n) is 4.57. The molecule has 1 unspecified atom stereocenters. The number of carbonyl (C=O) groups excluding carboxylic acids is 1. The number of carbonyl (C=O) groups is 2. The molecule has 0 radical (unpaired) electrons. The molecule has 0 saturated heterocycles. The van der Waals surface area contributed by atoms with Gasteiger partial charge in [0.25, 0.3) is 0 Å². The monoisotopic (exact) mass is 245 g/mol. The molecule has 0 aliphatic rings. The summed E-state index contributed by atoms with van der Waals surface area (Å²) in [5, 5.41) is 8.59. The van der Waals surface area contributed by atoms with E-state index in [1.165, 1.54) is 0 Å². The molecule has 1 atom stereocenters. The second kappa shape index (κ2) is 8.06. The standard InChI is InChI=1S/C12H23NO4/c1-5-10(12(16)17-8-9(2)3)13(4)7-6-11(14)15/h9-10H,5-8H2,1-4H3,(H,14,15).